The van der Waals surface area contributed by atoms with E-state index in [1.54, 1.807) is 41.2 Å². The summed E-state index contributed by atoms with van der Waals surface area (Å²) in [5, 5.41) is 4.41. The summed E-state index contributed by atoms with van der Waals surface area (Å²) in [6, 6.07) is 10.9. The summed E-state index contributed by atoms with van der Waals surface area (Å²) in [5.41, 5.74) is 1.58. The van der Waals surface area contributed by atoms with Crippen molar-refractivity contribution in [3.8, 4) is 0 Å². The highest BCUT2D eigenvalue weighted by Gasteiger charge is 2.22. The molecule has 0 spiro atoms. The van der Waals surface area contributed by atoms with Crippen LogP contribution in [0.3, 0.4) is 0 Å². The molecule has 0 radical (unpaired) electrons. The van der Waals surface area contributed by atoms with Gasteiger partial charge in [-0.25, -0.2) is 4.79 Å². The van der Waals surface area contributed by atoms with E-state index in [0.717, 1.165) is 10.9 Å². The Kier molecular flexibility index (Phi) is 8.00. The van der Waals surface area contributed by atoms with Crippen molar-refractivity contribution in [2.24, 2.45) is 5.92 Å². The predicted molar refractivity (Wildman–Crippen MR) is 128 cm³/mol. The molecule has 170 valence electrons. The molecule has 2 amide bonds. The fourth-order valence-corrected chi connectivity index (χ4v) is 3.83. The van der Waals surface area contributed by atoms with Gasteiger partial charge in [-0.2, -0.15) is 0 Å². The molecule has 7 heteroatoms. The third-order valence-electron chi connectivity index (χ3n) is 5.46. The van der Waals surface area contributed by atoms with E-state index in [9.17, 15) is 9.59 Å². The number of carbonyl (C=O) groups excluding carboxylic acids is 1. The van der Waals surface area contributed by atoms with Gasteiger partial charge >= 0.3 is 6.03 Å². The maximum Gasteiger partial charge on any atom is 0.322 e. The first kappa shape index (κ1) is 23.5. The van der Waals surface area contributed by atoms with Crippen LogP contribution in [0, 0.1) is 5.92 Å². The number of nitrogens with zero attached hydrogens (tertiary/aromatic N) is 3. The van der Waals surface area contributed by atoms with Gasteiger partial charge in [-0.05, 0) is 43.0 Å². The van der Waals surface area contributed by atoms with Crippen LogP contribution in [0.4, 0.5) is 10.5 Å². The monoisotopic (exact) mass is 436 g/mol. The van der Waals surface area contributed by atoms with Crippen LogP contribution in [0.25, 0.3) is 10.8 Å². The van der Waals surface area contributed by atoms with E-state index >= 15 is 0 Å². The Hall–Kier alpha value is -3.19. The highest BCUT2D eigenvalue weighted by Crippen LogP contribution is 2.24. The van der Waals surface area contributed by atoms with E-state index in [-0.39, 0.29) is 17.6 Å². The Morgan fingerprint density at radius 3 is 2.47 bits per heavy atom. The Labute approximate surface area is 189 Å². The SMILES string of the molecule is COCCCN(C(=O)Nc1cn(CC(C)C)c(=O)c2ccccc12)[C@H](C)c1ccncc1. The highest BCUT2D eigenvalue weighted by molar-refractivity contribution is 6.01. The number of hydrogen-bond donors (Lipinski definition) is 1. The lowest BCUT2D eigenvalue weighted by molar-refractivity contribution is 0.161. The van der Waals surface area contributed by atoms with E-state index in [0.29, 0.717) is 43.1 Å². The van der Waals surface area contributed by atoms with Crippen LogP contribution >= 0.6 is 0 Å². The molecule has 0 fully saturated rings. The molecule has 0 saturated carbocycles. The van der Waals surface area contributed by atoms with Crippen molar-refractivity contribution in [2.75, 3.05) is 25.6 Å². The van der Waals surface area contributed by atoms with Gasteiger partial charge in [-0.15, -0.1) is 0 Å². The van der Waals surface area contributed by atoms with Gasteiger partial charge in [0.1, 0.15) is 0 Å². The number of anilines is 1. The lowest BCUT2D eigenvalue weighted by Crippen LogP contribution is -2.38. The minimum absolute atomic E-state index is 0.0468. The van der Waals surface area contributed by atoms with Gasteiger partial charge < -0.3 is 19.5 Å². The van der Waals surface area contributed by atoms with E-state index in [1.807, 2.05) is 37.3 Å². The predicted octanol–water partition coefficient (Wildman–Crippen LogP) is 4.68. The van der Waals surface area contributed by atoms with Crippen molar-refractivity contribution in [1.29, 1.82) is 0 Å². The minimum atomic E-state index is -0.217. The zero-order chi connectivity index (χ0) is 23.1. The number of benzene rings is 1. The lowest BCUT2D eigenvalue weighted by atomic mass is 10.1. The quantitative estimate of drug-likeness (QED) is 0.494. The molecule has 0 aliphatic rings. The first-order chi connectivity index (χ1) is 15.4. The van der Waals surface area contributed by atoms with Crippen LogP contribution < -0.4 is 10.9 Å². The summed E-state index contributed by atoms with van der Waals surface area (Å²) in [6.07, 6.45) is 5.93. The highest BCUT2D eigenvalue weighted by atomic mass is 16.5. The average molecular weight is 437 g/mol. The molecule has 0 aliphatic heterocycles. The number of hydrogen-bond acceptors (Lipinski definition) is 4. The number of carbonyl (C=O) groups is 1. The maximum atomic E-state index is 13.5. The summed E-state index contributed by atoms with van der Waals surface area (Å²) in [4.78, 5) is 32.3. The number of amides is 2. The van der Waals surface area contributed by atoms with Crippen LogP contribution in [0.2, 0.25) is 0 Å². The molecule has 2 heterocycles. The van der Waals surface area contributed by atoms with Crippen molar-refractivity contribution in [3.63, 3.8) is 0 Å². The maximum absolute atomic E-state index is 13.5. The fourth-order valence-electron chi connectivity index (χ4n) is 3.83. The van der Waals surface area contributed by atoms with Crippen molar-refractivity contribution in [1.82, 2.24) is 14.5 Å². The second-order valence-electron chi connectivity index (χ2n) is 8.37. The van der Waals surface area contributed by atoms with Crippen molar-refractivity contribution >= 4 is 22.5 Å². The number of rotatable bonds is 9. The Bertz CT molecular complexity index is 1100. The van der Waals surface area contributed by atoms with Gasteiger partial charge in [-0.1, -0.05) is 32.0 Å². The summed E-state index contributed by atoms with van der Waals surface area (Å²) in [5.74, 6) is 0.301. The second kappa shape index (κ2) is 10.9. The van der Waals surface area contributed by atoms with Crippen molar-refractivity contribution in [3.05, 3.63) is 70.9 Å². The third-order valence-corrected chi connectivity index (χ3v) is 5.46. The number of aromatic nitrogens is 2. The van der Waals surface area contributed by atoms with Gasteiger partial charge in [0.15, 0.2) is 0 Å². The molecule has 1 atom stereocenters. The summed E-state index contributed by atoms with van der Waals surface area (Å²) in [7, 11) is 1.65. The molecule has 0 unspecified atom stereocenters. The van der Waals surface area contributed by atoms with Crippen LogP contribution in [0.1, 0.15) is 38.8 Å². The van der Waals surface area contributed by atoms with E-state index in [1.165, 1.54) is 0 Å². The normalized spacial score (nSPS) is 12.2. The van der Waals surface area contributed by atoms with Gasteiger partial charge in [-0.3, -0.25) is 9.78 Å². The van der Waals surface area contributed by atoms with Crippen LogP contribution in [0.15, 0.2) is 59.8 Å². The summed E-state index contributed by atoms with van der Waals surface area (Å²) in [6.45, 7) is 7.81. The number of urea groups is 1. The first-order valence-corrected chi connectivity index (χ1v) is 11.0. The minimum Gasteiger partial charge on any atom is -0.385 e. The largest absolute Gasteiger partial charge is 0.385 e. The summed E-state index contributed by atoms with van der Waals surface area (Å²) >= 11 is 0. The molecule has 1 N–H and O–H groups in total. The topological polar surface area (TPSA) is 76.5 Å². The van der Waals surface area contributed by atoms with Crippen molar-refractivity contribution in [2.45, 2.75) is 39.8 Å². The molecule has 7 nitrogen and oxygen atoms in total. The first-order valence-electron chi connectivity index (χ1n) is 11.0. The smallest absolute Gasteiger partial charge is 0.322 e. The second-order valence-corrected chi connectivity index (χ2v) is 8.37. The van der Waals surface area contributed by atoms with E-state index < -0.39 is 0 Å². The van der Waals surface area contributed by atoms with Crippen LogP contribution in [-0.4, -0.2) is 40.7 Å². The Balaban J connectivity index is 1.96. The molecular weight excluding hydrogens is 404 g/mol. The Morgan fingerprint density at radius 1 is 1.12 bits per heavy atom. The fraction of sp³-hybridized carbons (Fsp3) is 0.400. The van der Waals surface area contributed by atoms with Crippen LogP contribution in [0.5, 0.6) is 0 Å². The van der Waals surface area contributed by atoms with E-state index in [4.69, 9.17) is 4.74 Å². The van der Waals surface area contributed by atoms with Crippen molar-refractivity contribution < 1.29 is 9.53 Å². The molecule has 2 aromatic heterocycles. The third kappa shape index (κ3) is 5.53. The number of nitrogens with one attached hydrogen (secondary N) is 1. The van der Waals surface area contributed by atoms with Gasteiger partial charge in [0.25, 0.3) is 5.56 Å². The molecular formula is C25H32N4O3. The number of ether oxygens (including phenoxy) is 1. The lowest BCUT2D eigenvalue weighted by Gasteiger charge is -2.30. The zero-order valence-electron chi connectivity index (χ0n) is 19.2. The average Bonchev–Trinajstić information content (AvgIpc) is 2.79. The molecule has 0 aliphatic carbocycles. The zero-order valence-corrected chi connectivity index (χ0v) is 19.2. The molecule has 32 heavy (non-hydrogen) atoms. The molecule has 3 rings (SSSR count). The molecule has 3 aromatic rings. The van der Waals surface area contributed by atoms with Gasteiger partial charge in [0.05, 0.1) is 11.7 Å². The number of methoxy groups -OCH3 is 1. The molecule has 1 aromatic carbocycles. The van der Waals surface area contributed by atoms with Gasteiger partial charge in [0, 0.05) is 56.2 Å². The molecule has 0 saturated heterocycles. The van der Waals surface area contributed by atoms with Crippen LogP contribution in [-0.2, 0) is 11.3 Å². The number of pyridine rings is 2. The standard InChI is InChI=1S/C25H32N4O3/c1-18(2)16-28-17-23(21-8-5-6-9-22(21)24(28)30)27-25(31)29(14-7-15-32-4)19(3)20-10-12-26-13-11-20/h5-6,8-13,17-19H,7,14-16H2,1-4H3,(H,27,31)/t19-/m1/s1. The summed E-state index contributed by atoms with van der Waals surface area (Å²) < 4.78 is 6.88. The van der Waals surface area contributed by atoms with Gasteiger partial charge in [0.2, 0.25) is 0 Å². The Morgan fingerprint density at radius 2 is 1.81 bits per heavy atom. The number of fused-ring (bicyclic) bond motifs is 1. The molecule has 0 bridgehead atoms. The van der Waals surface area contributed by atoms with E-state index in [2.05, 4.69) is 24.1 Å².